The second-order valence-electron chi connectivity index (χ2n) is 6.06. The Bertz CT molecular complexity index is 394. The Morgan fingerprint density at radius 3 is 2.29 bits per heavy atom. The molecule has 1 aromatic rings. The van der Waals surface area contributed by atoms with Crippen molar-refractivity contribution in [3.63, 3.8) is 0 Å². The van der Waals surface area contributed by atoms with Gasteiger partial charge >= 0.3 is 0 Å². The molecule has 0 spiro atoms. The molecule has 0 aliphatic heterocycles. The fourth-order valence-corrected chi connectivity index (χ4v) is 2.92. The van der Waals surface area contributed by atoms with Crippen molar-refractivity contribution in [2.45, 2.75) is 51.2 Å². The molecule has 0 fully saturated rings. The van der Waals surface area contributed by atoms with E-state index in [4.69, 9.17) is 4.43 Å². The van der Waals surface area contributed by atoms with Crippen molar-refractivity contribution < 1.29 is 4.43 Å². The van der Waals surface area contributed by atoms with Gasteiger partial charge in [0.15, 0.2) is 0 Å². The van der Waals surface area contributed by atoms with Gasteiger partial charge in [-0.3, -0.25) is 0 Å². The van der Waals surface area contributed by atoms with Crippen molar-refractivity contribution in [2.75, 3.05) is 0 Å². The van der Waals surface area contributed by atoms with Gasteiger partial charge in [0.05, 0.1) is 0 Å². The molecule has 0 saturated heterocycles. The second-order valence-corrected chi connectivity index (χ2v) is 11.3. The van der Waals surface area contributed by atoms with Crippen LogP contribution < -0.4 is 4.43 Å². The predicted molar refractivity (Wildman–Crippen MR) is 81.6 cm³/mol. The predicted octanol–water partition coefficient (Wildman–Crippen LogP) is 5.27. The maximum absolute atomic E-state index is 6.43. The van der Waals surface area contributed by atoms with Crippen LogP contribution >= 0.6 is 15.9 Å². The number of benzene rings is 1. The first kappa shape index (κ1) is 14.8. The molecule has 96 valence electrons. The normalized spacial score (nSPS) is 12.6. The molecule has 0 atom stereocenters. The van der Waals surface area contributed by atoms with Crippen LogP contribution in [0.4, 0.5) is 0 Å². The second kappa shape index (κ2) is 5.15. The first-order chi connectivity index (χ1) is 7.69. The van der Waals surface area contributed by atoms with E-state index in [9.17, 15) is 0 Å². The van der Waals surface area contributed by atoms with E-state index in [0.29, 0.717) is 0 Å². The van der Waals surface area contributed by atoms with Crippen LogP contribution in [0.25, 0.3) is 0 Å². The standard InChI is InChI=1S/C14H23BrOSi/c1-11-8-7-9-12(10-15)13(11)16-17(5,6)14(2,3)4/h7-9H,10H2,1-6H3. The molecule has 1 nitrogen and oxygen atoms in total. The van der Waals surface area contributed by atoms with Crippen molar-refractivity contribution in [2.24, 2.45) is 0 Å². The molecule has 0 saturated carbocycles. The fraction of sp³-hybridized carbons (Fsp3) is 0.571. The first-order valence-corrected chi connectivity index (χ1v) is 10.1. The van der Waals surface area contributed by atoms with Crippen molar-refractivity contribution in [1.29, 1.82) is 0 Å². The highest BCUT2D eigenvalue weighted by molar-refractivity contribution is 9.08. The Balaban J connectivity index is 3.11. The Labute approximate surface area is 115 Å². The molecular weight excluding hydrogens is 292 g/mol. The van der Waals surface area contributed by atoms with E-state index in [2.05, 4.69) is 74.9 Å². The molecule has 3 heteroatoms. The van der Waals surface area contributed by atoms with Gasteiger partial charge in [0.25, 0.3) is 8.32 Å². The topological polar surface area (TPSA) is 9.23 Å². The monoisotopic (exact) mass is 314 g/mol. The van der Waals surface area contributed by atoms with Crippen LogP contribution in [0.5, 0.6) is 5.75 Å². The number of alkyl halides is 1. The minimum atomic E-state index is -1.75. The zero-order valence-corrected chi connectivity index (χ0v) is 14.3. The highest BCUT2D eigenvalue weighted by Gasteiger charge is 2.39. The molecule has 0 radical (unpaired) electrons. The molecule has 0 aliphatic carbocycles. The van der Waals surface area contributed by atoms with Crippen molar-refractivity contribution >= 4 is 24.2 Å². The molecule has 0 aromatic heterocycles. The minimum absolute atomic E-state index is 0.235. The number of hydrogen-bond donors (Lipinski definition) is 0. The third-order valence-electron chi connectivity index (χ3n) is 3.60. The zero-order chi connectivity index (χ0) is 13.3. The highest BCUT2D eigenvalue weighted by Crippen LogP contribution is 2.39. The molecule has 1 rings (SSSR count). The molecule has 0 N–H and O–H groups in total. The van der Waals surface area contributed by atoms with Gasteiger partial charge in [-0.15, -0.1) is 0 Å². The Morgan fingerprint density at radius 1 is 1.24 bits per heavy atom. The summed E-state index contributed by atoms with van der Waals surface area (Å²) >= 11 is 3.54. The lowest BCUT2D eigenvalue weighted by Gasteiger charge is -2.37. The first-order valence-electron chi connectivity index (χ1n) is 6.02. The van der Waals surface area contributed by atoms with E-state index < -0.39 is 8.32 Å². The summed E-state index contributed by atoms with van der Waals surface area (Å²) in [4.78, 5) is 0. The summed E-state index contributed by atoms with van der Waals surface area (Å²) in [6.45, 7) is 13.5. The number of halogens is 1. The molecule has 0 bridgehead atoms. The summed E-state index contributed by atoms with van der Waals surface area (Å²) in [6, 6.07) is 6.34. The summed E-state index contributed by atoms with van der Waals surface area (Å²) in [5, 5.41) is 1.08. The van der Waals surface area contributed by atoms with Crippen LogP contribution in [0.2, 0.25) is 18.1 Å². The molecule has 17 heavy (non-hydrogen) atoms. The van der Waals surface area contributed by atoms with Crippen molar-refractivity contribution in [3.8, 4) is 5.75 Å². The van der Waals surface area contributed by atoms with E-state index in [1.165, 1.54) is 11.1 Å². The van der Waals surface area contributed by atoms with E-state index in [1.54, 1.807) is 0 Å². The van der Waals surface area contributed by atoms with E-state index in [0.717, 1.165) is 11.1 Å². The highest BCUT2D eigenvalue weighted by atomic mass is 79.9. The van der Waals surface area contributed by atoms with Gasteiger partial charge in [-0.2, -0.15) is 0 Å². The van der Waals surface area contributed by atoms with Crippen LogP contribution in [0.3, 0.4) is 0 Å². The number of aryl methyl sites for hydroxylation is 1. The molecule has 0 heterocycles. The van der Waals surface area contributed by atoms with Crippen molar-refractivity contribution in [1.82, 2.24) is 0 Å². The average molecular weight is 315 g/mol. The molecule has 0 amide bonds. The molecule has 1 aromatic carbocycles. The average Bonchev–Trinajstić information content (AvgIpc) is 2.19. The van der Waals surface area contributed by atoms with Crippen molar-refractivity contribution in [3.05, 3.63) is 29.3 Å². The summed E-state index contributed by atoms with van der Waals surface area (Å²) < 4.78 is 6.43. The van der Waals surface area contributed by atoms with Crippen LogP contribution in [0.1, 0.15) is 31.9 Å². The van der Waals surface area contributed by atoms with Gasteiger partial charge in [0.2, 0.25) is 0 Å². The molecule has 0 unspecified atom stereocenters. The van der Waals surface area contributed by atoms with Crippen LogP contribution in [-0.2, 0) is 5.33 Å². The molecule has 0 aliphatic rings. The van der Waals surface area contributed by atoms with Crippen LogP contribution in [-0.4, -0.2) is 8.32 Å². The van der Waals surface area contributed by atoms with Gasteiger partial charge < -0.3 is 4.43 Å². The fourth-order valence-electron chi connectivity index (χ4n) is 1.37. The lowest BCUT2D eigenvalue weighted by atomic mass is 10.1. The third-order valence-corrected chi connectivity index (χ3v) is 8.53. The van der Waals surface area contributed by atoms with Gasteiger partial charge in [0.1, 0.15) is 5.75 Å². The quantitative estimate of drug-likeness (QED) is 0.545. The van der Waals surface area contributed by atoms with E-state index in [-0.39, 0.29) is 5.04 Å². The van der Waals surface area contributed by atoms with Crippen LogP contribution in [0, 0.1) is 6.92 Å². The maximum atomic E-state index is 6.43. The molecular formula is C14H23BrOSi. The van der Waals surface area contributed by atoms with E-state index in [1.807, 2.05) is 0 Å². The summed E-state index contributed by atoms with van der Waals surface area (Å²) in [5.74, 6) is 1.08. The van der Waals surface area contributed by atoms with Gasteiger partial charge in [-0.1, -0.05) is 54.9 Å². The van der Waals surface area contributed by atoms with Gasteiger partial charge in [0, 0.05) is 10.9 Å². The van der Waals surface area contributed by atoms with Gasteiger partial charge in [-0.25, -0.2) is 0 Å². The number of para-hydroxylation sites is 1. The Morgan fingerprint density at radius 2 is 1.82 bits per heavy atom. The Hall–Kier alpha value is -0.283. The smallest absolute Gasteiger partial charge is 0.250 e. The Kier molecular flexibility index (Phi) is 4.47. The minimum Gasteiger partial charge on any atom is -0.543 e. The zero-order valence-electron chi connectivity index (χ0n) is 11.7. The maximum Gasteiger partial charge on any atom is 0.250 e. The SMILES string of the molecule is Cc1cccc(CBr)c1O[Si](C)(C)C(C)(C)C. The van der Waals surface area contributed by atoms with E-state index >= 15 is 0 Å². The summed E-state index contributed by atoms with van der Waals surface area (Å²) in [7, 11) is -1.75. The number of rotatable bonds is 3. The summed E-state index contributed by atoms with van der Waals surface area (Å²) in [6.07, 6.45) is 0. The third kappa shape index (κ3) is 3.35. The largest absolute Gasteiger partial charge is 0.543 e. The lowest BCUT2D eigenvalue weighted by Crippen LogP contribution is -2.44. The summed E-state index contributed by atoms with van der Waals surface area (Å²) in [5.41, 5.74) is 2.47. The number of hydrogen-bond acceptors (Lipinski definition) is 1. The van der Waals surface area contributed by atoms with Crippen LogP contribution in [0.15, 0.2) is 18.2 Å². The lowest BCUT2D eigenvalue weighted by molar-refractivity contribution is 0.486. The van der Waals surface area contributed by atoms with Gasteiger partial charge in [-0.05, 0) is 30.6 Å².